The number of hydrogen-bond acceptors (Lipinski definition) is 4. The van der Waals surface area contributed by atoms with Crippen LogP contribution in [0.2, 0.25) is 0 Å². The molecule has 70 valence electrons. The van der Waals surface area contributed by atoms with Gasteiger partial charge in [0.2, 0.25) is 0 Å². The normalized spacial score (nSPS) is 12.5. The number of aldehydes is 1. The van der Waals surface area contributed by atoms with Gasteiger partial charge in [-0.05, 0) is 6.42 Å². The Morgan fingerprint density at radius 3 is 2.54 bits per heavy atom. The molecule has 1 atom stereocenters. The topological polar surface area (TPSA) is 52.1 Å². The number of methoxy groups -OCH3 is 1. The van der Waals surface area contributed by atoms with E-state index in [1.54, 1.807) is 7.11 Å². The van der Waals surface area contributed by atoms with Crippen molar-refractivity contribution in [2.24, 2.45) is 0 Å². The first-order valence-corrected chi connectivity index (χ1v) is 4.11. The van der Waals surface area contributed by atoms with Gasteiger partial charge in [-0.15, -0.1) is 0 Å². The molecule has 0 spiro atoms. The Morgan fingerprint density at radius 2 is 2.15 bits per heavy atom. The summed E-state index contributed by atoms with van der Waals surface area (Å²) in [5.41, 5.74) is 0.481. The van der Waals surface area contributed by atoms with Gasteiger partial charge in [-0.3, -0.25) is 4.79 Å². The molecule has 0 amide bonds. The van der Waals surface area contributed by atoms with Crippen molar-refractivity contribution in [3.63, 3.8) is 0 Å². The smallest absolute Gasteiger partial charge is 0.157 e. The molecule has 0 aliphatic heterocycles. The van der Waals surface area contributed by atoms with Gasteiger partial charge in [0.1, 0.15) is 6.10 Å². The number of aromatic nitrogens is 2. The summed E-state index contributed by atoms with van der Waals surface area (Å²) in [5, 5.41) is 0. The Labute approximate surface area is 77.0 Å². The Bertz CT molecular complexity index is 267. The van der Waals surface area contributed by atoms with Gasteiger partial charge in [-0.2, -0.15) is 0 Å². The Balaban J connectivity index is 2.83. The van der Waals surface area contributed by atoms with E-state index in [1.807, 2.05) is 6.92 Å². The molecular formula is C9H12N2O2. The lowest BCUT2D eigenvalue weighted by Crippen LogP contribution is -2.05. The van der Waals surface area contributed by atoms with Crippen LogP contribution in [0.25, 0.3) is 0 Å². The molecule has 1 aromatic heterocycles. The predicted octanol–water partition coefficient (Wildman–Crippen LogP) is 1.39. The van der Waals surface area contributed by atoms with Crippen molar-refractivity contribution in [3.05, 3.63) is 23.8 Å². The molecule has 1 rings (SSSR count). The minimum absolute atomic E-state index is 0.0827. The van der Waals surface area contributed by atoms with Crippen LogP contribution in [0.15, 0.2) is 12.4 Å². The Hall–Kier alpha value is -1.29. The number of ether oxygens (including phenoxy) is 1. The SMILES string of the molecule is CCC(OC)c1ncc(C=O)cn1. The maximum absolute atomic E-state index is 10.3. The Kier molecular flexibility index (Phi) is 3.52. The zero-order valence-electron chi connectivity index (χ0n) is 7.73. The number of carbonyl (C=O) groups is 1. The van der Waals surface area contributed by atoms with Gasteiger partial charge < -0.3 is 4.74 Å². The van der Waals surface area contributed by atoms with E-state index >= 15 is 0 Å². The summed E-state index contributed by atoms with van der Waals surface area (Å²) in [4.78, 5) is 18.4. The van der Waals surface area contributed by atoms with Crippen LogP contribution in [-0.2, 0) is 4.74 Å². The van der Waals surface area contributed by atoms with Gasteiger partial charge in [0, 0.05) is 19.5 Å². The molecule has 0 radical (unpaired) electrons. The third kappa shape index (κ3) is 2.32. The van der Waals surface area contributed by atoms with Crippen molar-refractivity contribution in [3.8, 4) is 0 Å². The van der Waals surface area contributed by atoms with Gasteiger partial charge in [0.15, 0.2) is 12.1 Å². The number of rotatable bonds is 4. The lowest BCUT2D eigenvalue weighted by atomic mass is 10.2. The van der Waals surface area contributed by atoms with Gasteiger partial charge in [0.25, 0.3) is 0 Å². The zero-order chi connectivity index (χ0) is 9.68. The van der Waals surface area contributed by atoms with Gasteiger partial charge in [-0.1, -0.05) is 6.92 Å². The Morgan fingerprint density at radius 1 is 1.54 bits per heavy atom. The number of hydrogen-bond donors (Lipinski definition) is 0. The maximum atomic E-state index is 10.3. The molecule has 1 aromatic rings. The standard InChI is InChI=1S/C9H12N2O2/c1-3-8(13-2)9-10-4-7(6-12)5-11-9/h4-6,8H,3H2,1-2H3. The van der Waals surface area contributed by atoms with Crippen LogP contribution in [0.4, 0.5) is 0 Å². The number of nitrogens with zero attached hydrogens (tertiary/aromatic N) is 2. The number of carbonyl (C=O) groups excluding carboxylic acids is 1. The van der Waals surface area contributed by atoms with Crippen molar-refractivity contribution in [2.75, 3.05) is 7.11 Å². The second-order valence-electron chi connectivity index (χ2n) is 2.63. The van der Waals surface area contributed by atoms with E-state index in [-0.39, 0.29) is 6.10 Å². The highest BCUT2D eigenvalue weighted by atomic mass is 16.5. The van der Waals surface area contributed by atoms with Gasteiger partial charge in [-0.25, -0.2) is 9.97 Å². The molecule has 1 heterocycles. The quantitative estimate of drug-likeness (QED) is 0.657. The van der Waals surface area contributed by atoms with Gasteiger partial charge >= 0.3 is 0 Å². The van der Waals surface area contributed by atoms with Crippen LogP contribution < -0.4 is 0 Å². The average Bonchev–Trinajstić information content (AvgIpc) is 2.21. The minimum Gasteiger partial charge on any atom is -0.373 e. The van der Waals surface area contributed by atoms with Crippen molar-refractivity contribution < 1.29 is 9.53 Å². The van der Waals surface area contributed by atoms with Crippen LogP contribution in [0.1, 0.15) is 35.6 Å². The lowest BCUT2D eigenvalue weighted by Gasteiger charge is -2.10. The van der Waals surface area contributed by atoms with Crippen molar-refractivity contribution in [2.45, 2.75) is 19.4 Å². The summed E-state index contributed by atoms with van der Waals surface area (Å²) >= 11 is 0. The summed E-state index contributed by atoms with van der Waals surface area (Å²) in [6, 6.07) is 0. The fourth-order valence-electron chi connectivity index (χ4n) is 1.03. The molecule has 0 aromatic carbocycles. The molecule has 4 heteroatoms. The minimum atomic E-state index is -0.0827. The van der Waals surface area contributed by atoms with E-state index in [0.717, 1.165) is 12.7 Å². The molecule has 0 fully saturated rings. The largest absolute Gasteiger partial charge is 0.373 e. The summed E-state index contributed by atoms with van der Waals surface area (Å²) in [5.74, 6) is 0.621. The zero-order valence-corrected chi connectivity index (χ0v) is 7.73. The van der Waals surface area contributed by atoms with E-state index in [2.05, 4.69) is 9.97 Å². The van der Waals surface area contributed by atoms with Crippen molar-refractivity contribution in [1.82, 2.24) is 9.97 Å². The summed E-state index contributed by atoms with van der Waals surface area (Å²) < 4.78 is 5.15. The van der Waals surface area contributed by atoms with E-state index < -0.39 is 0 Å². The van der Waals surface area contributed by atoms with Gasteiger partial charge in [0.05, 0.1) is 5.56 Å². The molecule has 13 heavy (non-hydrogen) atoms. The second kappa shape index (κ2) is 4.67. The monoisotopic (exact) mass is 180 g/mol. The molecule has 0 aliphatic rings. The average molecular weight is 180 g/mol. The predicted molar refractivity (Wildman–Crippen MR) is 47.5 cm³/mol. The summed E-state index contributed by atoms with van der Waals surface area (Å²) in [7, 11) is 1.62. The first-order chi connectivity index (χ1) is 6.31. The van der Waals surface area contributed by atoms with Crippen LogP contribution in [-0.4, -0.2) is 23.4 Å². The van der Waals surface area contributed by atoms with Crippen LogP contribution >= 0.6 is 0 Å². The highest BCUT2D eigenvalue weighted by Crippen LogP contribution is 2.14. The molecular weight excluding hydrogens is 168 g/mol. The second-order valence-corrected chi connectivity index (χ2v) is 2.63. The molecule has 4 nitrogen and oxygen atoms in total. The summed E-state index contributed by atoms with van der Waals surface area (Å²) in [6.07, 6.45) is 4.45. The molecule has 0 bridgehead atoms. The molecule has 0 saturated carbocycles. The fourth-order valence-corrected chi connectivity index (χ4v) is 1.03. The van der Waals surface area contributed by atoms with Crippen LogP contribution in [0.3, 0.4) is 0 Å². The van der Waals surface area contributed by atoms with Crippen molar-refractivity contribution >= 4 is 6.29 Å². The van der Waals surface area contributed by atoms with E-state index in [0.29, 0.717) is 11.4 Å². The van der Waals surface area contributed by atoms with E-state index in [1.165, 1.54) is 12.4 Å². The molecule has 0 aliphatic carbocycles. The third-order valence-electron chi connectivity index (χ3n) is 1.77. The van der Waals surface area contributed by atoms with Crippen LogP contribution in [0.5, 0.6) is 0 Å². The van der Waals surface area contributed by atoms with E-state index in [9.17, 15) is 4.79 Å². The van der Waals surface area contributed by atoms with E-state index in [4.69, 9.17) is 4.74 Å². The fraction of sp³-hybridized carbons (Fsp3) is 0.444. The first kappa shape index (κ1) is 9.80. The van der Waals surface area contributed by atoms with Crippen LogP contribution in [0, 0.1) is 0 Å². The third-order valence-corrected chi connectivity index (χ3v) is 1.77. The van der Waals surface area contributed by atoms with Crippen molar-refractivity contribution in [1.29, 1.82) is 0 Å². The highest BCUT2D eigenvalue weighted by Gasteiger charge is 2.09. The first-order valence-electron chi connectivity index (χ1n) is 4.11. The molecule has 0 N–H and O–H groups in total. The lowest BCUT2D eigenvalue weighted by molar-refractivity contribution is 0.0924. The maximum Gasteiger partial charge on any atom is 0.157 e. The highest BCUT2D eigenvalue weighted by molar-refractivity contribution is 5.73. The molecule has 0 saturated heterocycles. The summed E-state index contributed by atoms with van der Waals surface area (Å²) in [6.45, 7) is 1.99. The molecule has 1 unspecified atom stereocenters.